The maximum absolute atomic E-state index is 11.9. The highest BCUT2D eigenvalue weighted by Gasteiger charge is 2.13. The highest BCUT2D eigenvalue weighted by Crippen LogP contribution is 2.31. The van der Waals surface area contributed by atoms with Crippen LogP contribution in [-0.4, -0.2) is 15.9 Å². The second-order valence-electron chi connectivity index (χ2n) is 4.59. The predicted octanol–water partition coefficient (Wildman–Crippen LogP) is 2.32. The number of nitrogens with two attached hydrogens (primary N) is 1. The minimum atomic E-state index is -1.31. The van der Waals surface area contributed by atoms with Crippen LogP contribution in [0.3, 0.4) is 0 Å². The van der Waals surface area contributed by atoms with Crippen LogP contribution >= 0.6 is 0 Å². The first-order valence-electron chi connectivity index (χ1n) is 6.17. The third-order valence-corrected chi connectivity index (χ3v) is 4.35. The lowest BCUT2D eigenvalue weighted by Gasteiger charge is -2.01. The lowest BCUT2D eigenvalue weighted by Crippen LogP contribution is -2.20. The van der Waals surface area contributed by atoms with Crippen molar-refractivity contribution in [3.05, 3.63) is 48.0 Å². The summed E-state index contributed by atoms with van der Waals surface area (Å²) in [6, 6.07) is 13.5. The summed E-state index contributed by atoms with van der Waals surface area (Å²) in [4.78, 5) is 10.8. The number of rotatable bonds is 4. The molecule has 102 valence electrons. The normalized spacial score (nSPS) is 12.8. The second-order valence-corrected chi connectivity index (χ2v) is 6.04. The molecule has 0 saturated heterocycles. The standard InChI is InChI=1S/C15H13NO3S/c16-14(17)9-20(18)8-10-4-3-6-12-11-5-1-2-7-13(11)19-15(10)12/h1-7H,8-9H2,(H2,16,17)/t20-/m1/s1. The van der Waals surface area contributed by atoms with Crippen LogP contribution in [0.2, 0.25) is 0 Å². The van der Waals surface area contributed by atoms with Crippen molar-refractivity contribution in [1.29, 1.82) is 0 Å². The third kappa shape index (κ3) is 2.32. The SMILES string of the molecule is NC(=O)C[S@](=O)Cc1cccc2c1oc1ccccc12. The van der Waals surface area contributed by atoms with Gasteiger partial charge in [-0.1, -0.05) is 36.4 Å². The van der Waals surface area contributed by atoms with Crippen molar-refractivity contribution in [2.45, 2.75) is 5.75 Å². The molecule has 0 fully saturated rings. The van der Waals surface area contributed by atoms with Crippen molar-refractivity contribution in [3.63, 3.8) is 0 Å². The fourth-order valence-corrected chi connectivity index (χ4v) is 3.30. The van der Waals surface area contributed by atoms with Gasteiger partial charge in [0, 0.05) is 27.1 Å². The fourth-order valence-electron chi connectivity index (χ4n) is 2.30. The van der Waals surface area contributed by atoms with E-state index >= 15 is 0 Å². The van der Waals surface area contributed by atoms with E-state index in [2.05, 4.69) is 0 Å². The summed E-state index contributed by atoms with van der Waals surface area (Å²) in [5.41, 5.74) is 7.43. The zero-order valence-corrected chi connectivity index (χ0v) is 11.5. The average Bonchev–Trinajstić information content (AvgIpc) is 2.78. The molecule has 0 aliphatic rings. The van der Waals surface area contributed by atoms with Crippen molar-refractivity contribution >= 4 is 38.6 Å². The van der Waals surface area contributed by atoms with Gasteiger partial charge in [0.1, 0.15) is 16.9 Å². The van der Waals surface area contributed by atoms with E-state index in [0.29, 0.717) is 0 Å². The Balaban J connectivity index is 2.07. The van der Waals surface area contributed by atoms with Gasteiger partial charge in [0.15, 0.2) is 0 Å². The predicted molar refractivity (Wildman–Crippen MR) is 79.6 cm³/mol. The van der Waals surface area contributed by atoms with Gasteiger partial charge in [-0.05, 0) is 6.07 Å². The Labute approximate surface area is 118 Å². The lowest BCUT2D eigenvalue weighted by atomic mass is 10.1. The maximum Gasteiger partial charge on any atom is 0.230 e. The van der Waals surface area contributed by atoms with Crippen molar-refractivity contribution in [2.75, 3.05) is 5.75 Å². The molecule has 3 aromatic rings. The highest BCUT2D eigenvalue weighted by molar-refractivity contribution is 7.84. The Morgan fingerprint density at radius 3 is 2.65 bits per heavy atom. The molecule has 3 rings (SSSR count). The summed E-state index contributed by atoms with van der Waals surface area (Å²) in [5.74, 6) is -0.420. The van der Waals surface area contributed by atoms with E-state index in [-0.39, 0.29) is 11.5 Å². The summed E-state index contributed by atoms with van der Waals surface area (Å²) in [6.45, 7) is 0. The van der Waals surface area contributed by atoms with Crippen LogP contribution in [0.4, 0.5) is 0 Å². The van der Waals surface area contributed by atoms with Gasteiger partial charge in [-0.15, -0.1) is 0 Å². The van der Waals surface area contributed by atoms with Gasteiger partial charge in [0.2, 0.25) is 5.91 Å². The number of primary amides is 1. The largest absolute Gasteiger partial charge is 0.456 e. The number of amides is 1. The van der Waals surface area contributed by atoms with Crippen LogP contribution < -0.4 is 5.73 Å². The monoisotopic (exact) mass is 287 g/mol. The molecular formula is C15H13NO3S. The molecule has 5 heteroatoms. The van der Waals surface area contributed by atoms with E-state index < -0.39 is 16.7 Å². The van der Waals surface area contributed by atoms with Gasteiger partial charge in [0.25, 0.3) is 0 Å². The quantitative estimate of drug-likeness (QED) is 0.800. The first kappa shape index (κ1) is 12.9. The number of hydrogen-bond donors (Lipinski definition) is 1. The summed E-state index contributed by atoms with van der Waals surface area (Å²) < 4.78 is 17.7. The molecule has 0 aliphatic carbocycles. The average molecular weight is 287 g/mol. The van der Waals surface area contributed by atoms with Gasteiger partial charge in [-0.25, -0.2) is 0 Å². The molecule has 0 aliphatic heterocycles. The van der Waals surface area contributed by atoms with Crippen LogP contribution in [0.5, 0.6) is 0 Å². The second kappa shape index (κ2) is 5.09. The minimum Gasteiger partial charge on any atom is -0.456 e. The lowest BCUT2D eigenvalue weighted by molar-refractivity contribution is -0.115. The number of fused-ring (bicyclic) bond motifs is 3. The topological polar surface area (TPSA) is 73.3 Å². The molecule has 0 spiro atoms. The Morgan fingerprint density at radius 2 is 1.85 bits per heavy atom. The molecule has 1 amide bonds. The molecular weight excluding hydrogens is 274 g/mol. The van der Waals surface area contributed by atoms with E-state index in [1.807, 2.05) is 42.5 Å². The van der Waals surface area contributed by atoms with Crippen LogP contribution in [0.1, 0.15) is 5.56 Å². The van der Waals surface area contributed by atoms with Gasteiger partial charge in [0.05, 0.1) is 5.75 Å². The minimum absolute atomic E-state index is 0.128. The zero-order chi connectivity index (χ0) is 14.1. The van der Waals surface area contributed by atoms with Crippen molar-refractivity contribution in [3.8, 4) is 0 Å². The van der Waals surface area contributed by atoms with E-state index in [4.69, 9.17) is 10.2 Å². The van der Waals surface area contributed by atoms with Gasteiger partial charge < -0.3 is 10.2 Å². The first-order valence-corrected chi connectivity index (χ1v) is 7.66. The van der Waals surface area contributed by atoms with Gasteiger partial charge in [-0.2, -0.15) is 0 Å². The van der Waals surface area contributed by atoms with Crippen molar-refractivity contribution < 1.29 is 13.4 Å². The van der Waals surface area contributed by atoms with E-state index in [1.165, 1.54) is 0 Å². The van der Waals surface area contributed by atoms with E-state index in [9.17, 15) is 9.00 Å². The first-order chi connectivity index (χ1) is 9.65. The third-order valence-electron chi connectivity index (χ3n) is 3.11. The summed E-state index contributed by atoms with van der Waals surface area (Å²) in [5, 5.41) is 2.03. The van der Waals surface area contributed by atoms with E-state index in [0.717, 1.165) is 27.5 Å². The zero-order valence-electron chi connectivity index (χ0n) is 10.7. The molecule has 1 aromatic heterocycles. The molecule has 20 heavy (non-hydrogen) atoms. The maximum atomic E-state index is 11.9. The summed E-state index contributed by atoms with van der Waals surface area (Å²) >= 11 is 0. The number of para-hydroxylation sites is 2. The number of benzene rings is 2. The molecule has 1 atom stereocenters. The fraction of sp³-hybridized carbons (Fsp3) is 0.133. The molecule has 4 nitrogen and oxygen atoms in total. The highest BCUT2D eigenvalue weighted by atomic mass is 32.2. The Bertz CT molecular complexity index is 822. The number of carbonyl (C=O) groups is 1. The number of hydrogen-bond acceptors (Lipinski definition) is 3. The molecule has 2 N–H and O–H groups in total. The Kier molecular flexibility index (Phi) is 3.28. The Morgan fingerprint density at radius 1 is 1.10 bits per heavy atom. The summed E-state index contributed by atoms with van der Waals surface area (Å²) in [6.07, 6.45) is 0. The number of furan rings is 1. The van der Waals surface area contributed by atoms with Gasteiger partial charge in [-0.3, -0.25) is 9.00 Å². The molecule has 1 heterocycles. The van der Waals surface area contributed by atoms with Crippen LogP contribution in [0.15, 0.2) is 46.9 Å². The van der Waals surface area contributed by atoms with Crippen LogP contribution in [0, 0.1) is 0 Å². The molecule has 0 bridgehead atoms. The van der Waals surface area contributed by atoms with Crippen molar-refractivity contribution in [2.24, 2.45) is 5.73 Å². The smallest absolute Gasteiger partial charge is 0.230 e. The Hall–Kier alpha value is -2.14. The van der Waals surface area contributed by atoms with E-state index in [1.54, 1.807) is 0 Å². The van der Waals surface area contributed by atoms with Crippen LogP contribution in [0.25, 0.3) is 21.9 Å². The molecule has 2 aromatic carbocycles. The summed E-state index contributed by atoms with van der Waals surface area (Å²) in [7, 11) is -1.31. The van der Waals surface area contributed by atoms with Crippen molar-refractivity contribution in [1.82, 2.24) is 0 Å². The molecule has 0 radical (unpaired) electrons. The number of carbonyl (C=O) groups excluding carboxylic acids is 1. The van der Waals surface area contributed by atoms with Gasteiger partial charge >= 0.3 is 0 Å². The van der Waals surface area contributed by atoms with Crippen LogP contribution in [-0.2, 0) is 21.3 Å². The molecule has 0 saturated carbocycles. The molecule has 0 unspecified atom stereocenters.